The molecule has 0 aliphatic carbocycles. The number of hydrogen-bond acceptors (Lipinski definition) is 6. The van der Waals surface area contributed by atoms with Crippen molar-refractivity contribution in [2.24, 2.45) is 9.98 Å². The largest absolute Gasteiger partial charge is 0.355 e. The van der Waals surface area contributed by atoms with Crippen molar-refractivity contribution in [3.63, 3.8) is 0 Å². The maximum absolute atomic E-state index is 13.2. The van der Waals surface area contributed by atoms with Gasteiger partial charge >= 0.3 is 6.03 Å². The summed E-state index contributed by atoms with van der Waals surface area (Å²) >= 11 is 0. The number of nitrogens with zero attached hydrogens (tertiary/aromatic N) is 7. The topological polar surface area (TPSA) is 84.7 Å². The van der Waals surface area contributed by atoms with Gasteiger partial charge in [-0.1, -0.05) is 35.9 Å². The summed E-state index contributed by atoms with van der Waals surface area (Å²) < 4.78 is 0. The second-order valence-corrected chi connectivity index (χ2v) is 9.51. The predicted octanol–water partition coefficient (Wildman–Crippen LogP) is 3.12. The molecule has 1 fully saturated rings. The number of urea groups is 1. The van der Waals surface area contributed by atoms with E-state index in [1.54, 1.807) is 29.4 Å². The summed E-state index contributed by atoms with van der Waals surface area (Å²) in [5.74, 6) is 0.547. The van der Waals surface area contributed by atoms with E-state index in [4.69, 9.17) is 4.99 Å². The van der Waals surface area contributed by atoms with Gasteiger partial charge in [0.2, 0.25) is 0 Å². The van der Waals surface area contributed by atoms with Crippen LogP contribution >= 0.6 is 0 Å². The van der Waals surface area contributed by atoms with Gasteiger partial charge in [-0.15, -0.1) is 0 Å². The van der Waals surface area contributed by atoms with Gasteiger partial charge in [-0.05, 0) is 38.0 Å². The number of imide groups is 1. The zero-order valence-electron chi connectivity index (χ0n) is 21.7. The first-order chi connectivity index (χ1) is 17.2. The summed E-state index contributed by atoms with van der Waals surface area (Å²) in [6.07, 6.45) is 4.65. The summed E-state index contributed by atoms with van der Waals surface area (Å²) in [5.41, 5.74) is 4.92. The van der Waals surface area contributed by atoms with Crippen molar-refractivity contribution in [1.29, 1.82) is 0 Å². The predicted molar refractivity (Wildman–Crippen MR) is 140 cm³/mol. The third-order valence-electron chi connectivity index (χ3n) is 6.59. The van der Waals surface area contributed by atoms with Crippen LogP contribution in [-0.4, -0.2) is 88.6 Å². The molecular formula is C27H33N7O2. The van der Waals surface area contributed by atoms with E-state index in [1.165, 1.54) is 11.9 Å². The summed E-state index contributed by atoms with van der Waals surface area (Å²) in [6.45, 7) is 6.89. The van der Waals surface area contributed by atoms with E-state index in [0.29, 0.717) is 6.54 Å². The van der Waals surface area contributed by atoms with E-state index in [-0.39, 0.29) is 18.5 Å². The van der Waals surface area contributed by atoms with E-state index < -0.39 is 12.2 Å². The Morgan fingerprint density at radius 1 is 1.11 bits per heavy atom. The quantitative estimate of drug-likeness (QED) is 0.462. The maximum Gasteiger partial charge on any atom is 0.328 e. The number of amidine groups is 1. The fourth-order valence-corrected chi connectivity index (χ4v) is 4.46. The van der Waals surface area contributed by atoms with Gasteiger partial charge in [0.1, 0.15) is 5.84 Å². The Kier molecular flexibility index (Phi) is 7.19. The number of allylic oxidation sites excluding steroid dienone is 1. The lowest BCUT2D eigenvalue weighted by atomic mass is 10.1. The number of likely N-dealkylation sites (N-methyl/N-ethyl adjacent to an activating group) is 2. The van der Waals surface area contributed by atoms with Gasteiger partial charge < -0.3 is 9.80 Å². The first-order valence-electron chi connectivity index (χ1n) is 11.9. The average molecular weight is 488 g/mol. The molecule has 188 valence electrons. The number of hydrogen-bond donors (Lipinski definition) is 0. The van der Waals surface area contributed by atoms with Crippen LogP contribution in [0.1, 0.15) is 30.5 Å². The number of pyridine rings is 1. The van der Waals surface area contributed by atoms with Crippen molar-refractivity contribution in [3.05, 3.63) is 76.8 Å². The summed E-state index contributed by atoms with van der Waals surface area (Å²) in [4.78, 5) is 46.5. The average Bonchev–Trinajstić information content (AvgIpc) is 3.24. The van der Waals surface area contributed by atoms with Crippen molar-refractivity contribution in [2.75, 3.05) is 27.7 Å². The fraction of sp³-hybridized carbons (Fsp3) is 0.370. The van der Waals surface area contributed by atoms with Gasteiger partial charge in [-0.25, -0.2) is 14.8 Å². The minimum atomic E-state index is -0.578. The van der Waals surface area contributed by atoms with Gasteiger partial charge in [0.25, 0.3) is 5.91 Å². The van der Waals surface area contributed by atoms with E-state index in [0.717, 1.165) is 33.8 Å². The summed E-state index contributed by atoms with van der Waals surface area (Å²) in [5, 5.41) is 0. The highest BCUT2D eigenvalue weighted by atomic mass is 16.2. The number of aryl methyl sites for hydroxylation is 1. The van der Waals surface area contributed by atoms with Gasteiger partial charge in [0.15, 0.2) is 12.2 Å². The van der Waals surface area contributed by atoms with Crippen LogP contribution in [0.3, 0.4) is 0 Å². The molecule has 2 aromatic rings. The second-order valence-electron chi connectivity index (χ2n) is 9.51. The molecule has 0 radical (unpaired) electrons. The first-order valence-corrected chi connectivity index (χ1v) is 11.9. The van der Waals surface area contributed by atoms with Crippen LogP contribution in [0.4, 0.5) is 4.79 Å². The highest BCUT2D eigenvalue weighted by Crippen LogP contribution is 2.27. The number of fused-ring (bicyclic) bond motifs is 1. The molecule has 36 heavy (non-hydrogen) atoms. The van der Waals surface area contributed by atoms with Gasteiger partial charge in [-0.3, -0.25) is 19.6 Å². The summed E-state index contributed by atoms with van der Waals surface area (Å²) in [7, 11) is 5.33. The minimum Gasteiger partial charge on any atom is -0.355 e. The van der Waals surface area contributed by atoms with Crippen molar-refractivity contribution in [2.45, 2.75) is 39.5 Å². The SMILES string of the molecule is CC(C)=C(CN1C(=O)N(C)C(=O)C2C1N=CN2C)N=C(c1ccccc1C)N(C)Cc1cccnc1. The number of amides is 3. The smallest absolute Gasteiger partial charge is 0.328 e. The van der Waals surface area contributed by atoms with Crippen LogP contribution in [0.2, 0.25) is 0 Å². The number of aliphatic imine (C=N–C) groups is 2. The minimum absolute atomic E-state index is 0.237. The Bertz CT molecular complexity index is 1230. The fourth-order valence-electron chi connectivity index (χ4n) is 4.46. The van der Waals surface area contributed by atoms with Gasteiger partial charge in [-0.2, -0.15) is 0 Å². The molecule has 4 rings (SSSR count). The van der Waals surface area contributed by atoms with Crippen molar-refractivity contribution >= 4 is 24.1 Å². The van der Waals surface area contributed by atoms with Crippen molar-refractivity contribution in [3.8, 4) is 0 Å². The molecule has 9 heteroatoms. The van der Waals surface area contributed by atoms with Crippen LogP contribution in [0.5, 0.6) is 0 Å². The number of carbonyl (C=O) groups excluding carboxylic acids is 2. The number of aromatic nitrogens is 1. The van der Waals surface area contributed by atoms with Crippen LogP contribution in [0.15, 0.2) is 70.0 Å². The van der Waals surface area contributed by atoms with E-state index in [1.807, 2.05) is 51.4 Å². The Hall–Kier alpha value is -4.01. The van der Waals surface area contributed by atoms with Gasteiger partial charge in [0, 0.05) is 45.6 Å². The number of carbonyl (C=O) groups is 2. The molecule has 0 bridgehead atoms. The molecule has 9 nitrogen and oxygen atoms in total. The number of rotatable bonds is 6. The van der Waals surface area contributed by atoms with E-state index in [9.17, 15) is 9.59 Å². The Labute approximate surface area is 212 Å². The third-order valence-corrected chi connectivity index (χ3v) is 6.59. The standard InChI is InChI=1S/C27H33N7O2/c1-18(2)22(16-34-25-23(32(5)17-29-25)26(35)33(6)27(34)36)30-24(21-12-8-7-10-19(21)3)31(4)15-20-11-9-13-28-14-20/h7-14,17,23,25H,15-16H2,1-6H3. The van der Waals surface area contributed by atoms with Crippen molar-refractivity contribution in [1.82, 2.24) is 24.6 Å². The molecule has 3 amide bonds. The maximum atomic E-state index is 13.2. The Morgan fingerprint density at radius 3 is 2.53 bits per heavy atom. The molecule has 0 saturated carbocycles. The van der Waals surface area contributed by atoms with Crippen LogP contribution in [0.25, 0.3) is 0 Å². The lowest BCUT2D eigenvalue weighted by Crippen LogP contribution is -2.64. The molecule has 2 unspecified atom stereocenters. The third kappa shape index (κ3) is 4.86. The molecular weight excluding hydrogens is 454 g/mol. The number of benzene rings is 1. The van der Waals surface area contributed by atoms with Gasteiger partial charge in [0.05, 0.1) is 18.6 Å². The molecule has 2 aliphatic rings. The molecule has 2 atom stereocenters. The Morgan fingerprint density at radius 2 is 1.86 bits per heavy atom. The van der Waals surface area contributed by atoms with E-state index >= 15 is 0 Å². The molecule has 1 aromatic heterocycles. The lowest BCUT2D eigenvalue weighted by molar-refractivity contribution is -0.135. The zero-order valence-corrected chi connectivity index (χ0v) is 21.7. The molecule has 0 spiro atoms. The molecule has 1 aromatic carbocycles. The summed E-state index contributed by atoms with van der Waals surface area (Å²) in [6, 6.07) is 11.2. The second kappa shape index (κ2) is 10.3. The highest BCUT2D eigenvalue weighted by Gasteiger charge is 2.48. The van der Waals surface area contributed by atoms with Crippen LogP contribution < -0.4 is 0 Å². The van der Waals surface area contributed by atoms with Crippen LogP contribution in [-0.2, 0) is 11.3 Å². The van der Waals surface area contributed by atoms with E-state index in [2.05, 4.69) is 33.9 Å². The molecule has 3 heterocycles. The first kappa shape index (κ1) is 25.1. The normalized spacial score (nSPS) is 19.6. The zero-order chi connectivity index (χ0) is 26.0. The van der Waals surface area contributed by atoms with Crippen molar-refractivity contribution < 1.29 is 9.59 Å². The lowest BCUT2D eigenvalue weighted by Gasteiger charge is -2.41. The molecule has 0 N–H and O–H groups in total. The molecule has 1 saturated heterocycles. The highest BCUT2D eigenvalue weighted by molar-refractivity contribution is 6.02. The van der Waals surface area contributed by atoms with Crippen LogP contribution in [0, 0.1) is 6.92 Å². The molecule has 2 aliphatic heterocycles. The Balaban J connectivity index is 1.72. The monoisotopic (exact) mass is 487 g/mol.